The van der Waals surface area contributed by atoms with E-state index in [1.165, 1.54) is 5.56 Å². The minimum Gasteiger partial charge on any atom is -0.381 e. The van der Waals surface area contributed by atoms with Crippen molar-refractivity contribution in [1.82, 2.24) is 0 Å². The molecule has 3 heteroatoms. The summed E-state index contributed by atoms with van der Waals surface area (Å²) in [6.07, 6.45) is 2.40. The molecule has 0 amide bonds. The molecule has 0 spiro atoms. The minimum absolute atomic E-state index is 0.109. The zero-order valence-electron chi connectivity index (χ0n) is 17.6. The molecular formula is C26H30O3. The van der Waals surface area contributed by atoms with Gasteiger partial charge in [-0.3, -0.25) is 9.59 Å². The van der Waals surface area contributed by atoms with Gasteiger partial charge in [0.05, 0.1) is 0 Å². The van der Waals surface area contributed by atoms with Crippen molar-refractivity contribution in [3.05, 3.63) is 70.3 Å². The van der Waals surface area contributed by atoms with E-state index in [0.717, 1.165) is 41.7 Å². The molecule has 1 aliphatic heterocycles. The van der Waals surface area contributed by atoms with Gasteiger partial charge in [0.2, 0.25) is 0 Å². The molecule has 1 aliphatic carbocycles. The molecule has 4 rings (SSSR count). The van der Waals surface area contributed by atoms with Gasteiger partial charge in [0.15, 0.2) is 11.6 Å². The highest BCUT2D eigenvalue weighted by Gasteiger charge is 2.50. The first-order valence-corrected chi connectivity index (χ1v) is 10.7. The SMILES string of the molecule is Cc1cc(C)c(C2C(=O)C(Cc3ccccc3)C(CC3CCOC3)C2=O)c(C)c1. The van der Waals surface area contributed by atoms with Crippen molar-refractivity contribution in [2.45, 2.75) is 46.0 Å². The summed E-state index contributed by atoms with van der Waals surface area (Å²) in [6.45, 7) is 7.59. The standard InChI is InChI=1S/C26H30O3/c1-16-11-17(2)23(18(3)12-16)24-25(27)21(13-19-7-5-4-6-8-19)22(26(24)28)14-20-9-10-29-15-20/h4-8,11-12,20-22,24H,9-10,13-15H2,1-3H3. The average Bonchev–Trinajstić information content (AvgIpc) is 3.27. The lowest BCUT2D eigenvalue weighted by molar-refractivity contribution is -0.125. The number of hydrogen-bond acceptors (Lipinski definition) is 3. The van der Waals surface area contributed by atoms with Crippen LogP contribution in [0.2, 0.25) is 0 Å². The van der Waals surface area contributed by atoms with Crippen molar-refractivity contribution >= 4 is 11.6 Å². The number of ether oxygens (including phenoxy) is 1. The molecule has 2 aromatic rings. The second-order valence-corrected chi connectivity index (χ2v) is 8.92. The highest BCUT2D eigenvalue weighted by molar-refractivity contribution is 6.16. The minimum atomic E-state index is -0.614. The average molecular weight is 391 g/mol. The van der Waals surface area contributed by atoms with Crippen molar-refractivity contribution in [2.24, 2.45) is 17.8 Å². The Hall–Kier alpha value is -2.26. The Labute approximate surface area is 173 Å². The van der Waals surface area contributed by atoms with Gasteiger partial charge < -0.3 is 4.74 Å². The fourth-order valence-corrected chi connectivity index (χ4v) is 5.42. The van der Waals surface area contributed by atoms with Crippen molar-refractivity contribution in [3.8, 4) is 0 Å². The molecule has 2 aliphatic rings. The van der Waals surface area contributed by atoms with E-state index in [1.54, 1.807) is 0 Å². The van der Waals surface area contributed by atoms with Crippen molar-refractivity contribution in [3.63, 3.8) is 0 Å². The molecular weight excluding hydrogens is 360 g/mol. The first-order chi connectivity index (χ1) is 14.0. The molecule has 2 aromatic carbocycles. The second-order valence-electron chi connectivity index (χ2n) is 8.92. The van der Waals surface area contributed by atoms with Crippen LogP contribution in [0.1, 0.15) is 46.6 Å². The normalized spacial score (nSPS) is 27.0. The molecule has 0 radical (unpaired) electrons. The van der Waals surface area contributed by atoms with Gasteiger partial charge in [-0.15, -0.1) is 0 Å². The van der Waals surface area contributed by atoms with E-state index in [2.05, 4.69) is 31.2 Å². The molecule has 0 N–H and O–H groups in total. The summed E-state index contributed by atoms with van der Waals surface area (Å²) in [5, 5.41) is 0. The fourth-order valence-electron chi connectivity index (χ4n) is 5.42. The summed E-state index contributed by atoms with van der Waals surface area (Å²) in [5.74, 6) is -0.448. The molecule has 29 heavy (non-hydrogen) atoms. The third-order valence-electron chi connectivity index (χ3n) is 6.72. The number of ketones is 2. The molecule has 1 heterocycles. The Bertz CT molecular complexity index is 886. The summed E-state index contributed by atoms with van der Waals surface area (Å²) in [6, 6.07) is 14.3. The van der Waals surface area contributed by atoms with Gasteiger partial charge in [0.25, 0.3) is 0 Å². The predicted octanol–water partition coefficient (Wildman–Crippen LogP) is 4.75. The van der Waals surface area contributed by atoms with Crippen LogP contribution in [-0.2, 0) is 20.7 Å². The van der Waals surface area contributed by atoms with Crippen LogP contribution < -0.4 is 0 Å². The number of benzene rings is 2. The van der Waals surface area contributed by atoms with Gasteiger partial charge >= 0.3 is 0 Å². The van der Waals surface area contributed by atoms with E-state index in [1.807, 2.05) is 32.0 Å². The number of rotatable bonds is 5. The third kappa shape index (κ3) is 3.93. The summed E-state index contributed by atoms with van der Waals surface area (Å²) in [5.41, 5.74) is 5.34. The Balaban J connectivity index is 1.70. The lowest BCUT2D eigenvalue weighted by Gasteiger charge is -2.19. The first kappa shape index (κ1) is 20.0. The summed E-state index contributed by atoms with van der Waals surface area (Å²) < 4.78 is 5.55. The van der Waals surface area contributed by atoms with Crippen molar-refractivity contribution in [2.75, 3.05) is 13.2 Å². The predicted molar refractivity (Wildman–Crippen MR) is 114 cm³/mol. The Morgan fingerprint density at radius 1 is 0.931 bits per heavy atom. The van der Waals surface area contributed by atoms with Crippen LogP contribution >= 0.6 is 0 Å². The maximum Gasteiger partial charge on any atom is 0.151 e. The summed E-state index contributed by atoms with van der Waals surface area (Å²) in [7, 11) is 0. The molecule has 0 aromatic heterocycles. The maximum atomic E-state index is 13.6. The van der Waals surface area contributed by atoms with Crippen LogP contribution in [-0.4, -0.2) is 24.8 Å². The van der Waals surface area contributed by atoms with E-state index < -0.39 is 5.92 Å². The Kier molecular flexibility index (Phi) is 5.69. The van der Waals surface area contributed by atoms with Gasteiger partial charge in [0, 0.05) is 25.0 Å². The van der Waals surface area contributed by atoms with E-state index in [0.29, 0.717) is 18.9 Å². The van der Waals surface area contributed by atoms with Crippen LogP contribution in [0.5, 0.6) is 0 Å². The Morgan fingerprint density at radius 2 is 1.59 bits per heavy atom. The molecule has 2 fully saturated rings. The number of carbonyl (C=O) groups is 2. The van der Waals surface area contributed by atoms with E-state index in [9.17, 15) is 9.59 Å². The number of hydrogen-bond donors (Lipinski definition) is 0. The highest BCUT2D eigenvalue weighted by Crippen LogP contribution is 2.44. The lowest BCUT2D eigenvalue weighted by atomic mass is 9.82. The summed E-state index contributed by atoms with van der Waals surface area (Å²) >= 11 is 0. The topological polar surface area (TPSA) is 43.4 Å². The van der Waals surface area contributed by atoms with Crippen LogP contribution in [0.4, 0.5) is 0 Å². The molecule has 1 saturated carbocycles. The largest absolute Gasteiger partial charge is 0.381 e. The van der Waals surface area contributed by atoms with E-state index in [-0.39, 0.29) is 23.4 Å². The van der Waals surface area contributed by atoms with Gasteiger partial charge in [-0.2, -0.15) is 0 Å². The molecule has 152 valence electrons. The monoisotopic (exact) mass is 390 g/mol. The van der Waals surface area contributed by atoms with E-state index >= 15 is 0 Å². The highest BCUT2D eigenvalue weighted by atomic mass is 16.5. The summed E-state index contributed by atoms with van der Waals surface area (Å²) in [4.78, 5) is 27.3. The maximum absolute atomic E-state index is 13.6. The molecule has 4 atom stereocenters. The third-order valence-corrected chi connectivity index (χ3v) is 6.72. The van der Waals surface area contributed by atoms with E-state index in [4.69, 9.17) is 4.74 Å². The van der Waals surface area contributed by atoms with Gasteiger partial charge in [-0.25, -0.2) is 0 Å². The van der Waals surface area contributed by atoms with Gasteiger partial charge in [0.1, 0.15) is 5.92 Å². The number of carbonyl (C=O) groups excluding carboxylic acids is 2. The lowest BCUT2D eigenvalue weighted by Crippen LogP contribution is -2.23. The number of Topliss-reactive ketones (excluding diaryl/α,β-unsaturated/α-hetero) is 2. The first-order valence-electron chi connectivity index (χ1n) is 10.7. The second kappa shape index (κ2) is 8.23. The van der Waals surface area contributed by atoms with Gasteiger partial charge in [-0.05, 0) is 68.2 Å². The molecule has 4 unspecified atom stereocenters. The van der Waals surface area contributed by atoms with Crippen LogP contribution in [0.25, 0.3) is 0 Å². The molecule has 0 bridgehead atoms. The zero-order valence-corrected chi connectivity index (χ0v) is 17.6. The van der Waals surface area contributed by atoms with Crippen molar-refractivity contribution < 1.29 is 14.3 Å². The Morgan fingerprint density at radius 3 is 2.21 bits per heavy atom. The molecule has 1 saturated heterocycles. The van der Waals surface area contributed by atoms with Crippen LogP contribution in [0.15, 0.2) is 42.5 Å². The number of aryl methyl sites for hydroxylation is 3. The van der Waals surface area contributed by atoms with Crippen LogP contribution in [0, 0.1) is 38.5 Å². The van der Waals surface area contributed by atoms with Gasteiger partial charge in [-0.1, -0.05) is 48.0 Å². The quantitative estimate of drug-likeness (QED) is 0.692. The van der Waals surface area contributed by atoms with Crippen molar-refractivity contribution in [1.29, 1.82) is 0 Å². The fraction of sp³-hybridized carbons (Fsp3) is 0.462. The zero-order chi connectivity index (χ0) is 20.5. The molecule has 3 nitrogen and oxygen atoms in total. The smallest absolute Gasteiger partial charge is 0.151 e. The van der Waals surface area contributed by atoms with Crippen LogP contribution in [0.3, 0.4) is 0 Å².